The van der Waals surface area contributed by atoms with E-state index in [1.165, 1.54) is 16.8 Å². The monoisotopic (exact) mass is 353 g/mol. The van der Waals surface area contributed by atoms with Crippen LogP contribution in [0.15, 0.2) is 60.8 Å². The van der Waals surface area contributed by atoms with E-state index < -0.39 is 0 Å². The van der Waals surface area contributed by atoms with Crippen molar-refractivity contribution in [3.63, 3.8) is 0 Å². The average Bonchev–Trinajstić information content (AvgIpc) is 3.13. The number of hydrogen-bond donors (Lipinski definition) is 0. The van der Waals surface area contributed by atoms with E-state index in [-0.39, 0.29) is 11.7 Å². The third-order valence-corrected chi connectivity index (χ3v) is 4.01. The molecule has 0 spiro atoms. The fourth-order valence-corrected chi connectivity index (χ4v) is 2.51. The van der Waals surface area contributed by atoms with Crippen LogP contribution >= 0.6 is 0 Å². The first-order chi connectivity index (χ1) is 12.5. The molecule has 0 unspecified atom stereocenters. The molecule has 0 aliphatic heterocycles. The van der Waals surface area contributed by atoms with Gasteiger partial charge in [0.1, 0.15) is 18.2 Å². The second kappa shape index (κ2) is 7.82. The maximum Gasteiger partial charge on any atom is 0.274 e. The molecule has 0 atom stereocenters. The first-order valence-electron chi connectivity index (χ1n) is 8.30. The van der Waals surface area contributed by atoms with Gasteiger partial charge < -0.3 is 9.64 Å². The number of likely N-dealkylation sites (N-methyl/N-ethyl adjacent to an activating group) is 1. The van der Waals surface area contributed by atoms with Gasteiger partial charge in [-0.15, -0.1) is 0 Å². The number of aromatic nitrogens is 2. The largest absolute Gasteiger partial charge is 0.491 e. The van der Waals surface area contributed by atoms with Gasteiger partial charge in [-0.05, 0) is 42.8 Å². The Bertz CT molecular complexity index is 907. The highest BCUT2D eigenvalue weighted by Crippen LogP contribution is 2.16. The van der Waals surface area contributed by atoms with Crippen LogP contribution in [0.4, 0.5) is 4.39 Å². The van der Waals surface area contributed by atoms with E-state index in [0.717, 1.165) is 11.3 Å². The molecular weight excluding hydrogens is 333 g/mol. The molecule has 3 aromatic rings. The Hall–Kier alpha value is -3.15. The van der Waals surface area contributed by atoms with Gasteiger partial charge in [-0.1, -0.05) is 24.3 Å². The molecule has 134 valence electrons. The molecule has 2 aromatic carbocycles. The zero-order valence-corrected chi connectivity index (χ0v) is 14.7. The van der Waals surface area contributed by atoms with Crippen LogP contribution in [0.3, 0.4) is 0 Å². The van der Waals surface area contributed by atoms with Crippen LogP contribution in [-0.4, -0.2) is 40.8 Å². The summed E-state index contributed by atoms with van der Waals surface area (Å²) in [7, 11) is 1.70. The second-order valence-corrected chi connectivity index (χ2v) is 5.97. The van der Waals surface area contributed by atoms with Crippen LogP contribution in [0.25, 0.3) is 5.69 Å². The van der Waals surface area contributed by atoms with Gasteiger partial charge in [-0.3, -0.25) is 4.79 Å². The SMILES string of the molecule is Cc1ccccc1OCCN(C)C(=O)c1ccn(-c2cccc(F)c2)n1. The van der Waals surface area contributed by atoms with Crippen molar-refractivity contribution >= 4 is 5.91 Å². The van der Waals surface area contributed by atoms with E-state index in [1.807, 2.05) is 31.2 Å². The van der Waals surface area contributed by atoms with E-state index >= 15 is 0 Å². The number of benzene rings is 2. The van der Waals surface area contributed by atoms with Crippen LogP contribution in [0.1, 0.15) is 16.1 Å². The highest BCUT2D eigenvalue weighted by molar-refractivity contribution is 5.92. The first kappa shape index (κ1) is 17.7. The maximum atomic E-state index is 13.3. The average molecular weight is 353 g/mol. The number of carbonyl (C=O) groups is 1. The summed E-state index contributed by atoms with van der Waals surface area (Å²) < 4.78 is 20.5. The number of carbonyl (C=O) groups excluding carboxylic acids is 1. The van der Waals surface area contributed by atoms with Gasteiger partial charge in [0, 0.05) is 13.2 Å². The van der Waals surface area contributed by atoms with Gasteiger partial charge in [0.25, 0.3) is 5.91 Å². The lowest BCUT2D eigenvalue weighted by molar-refractivity contribution is 0.0767. The minimum Gasteiger partial charge on any atom is -0.491 e. The summed E-state index contributed by atoms with van der Waals surface area (Å²) >= 11 is 0. The molecule has 0 bridgehead atoms. The van der Waals surface area contributed by atoms with Crippen molar-refractivity contribution < 1.29 is 13.9 Å². The Balaban J connectivity index is 1.59. The molecule has 0 fully saturated rings. The van der Waals surface area contributed by atoms with Crippen LogP contribution in [-0.2, 0) is 0 Å². The Morgan fingerprint density at radius 2 is 2.00 bits per heavy atom. The Morgan fingerprint density at radius 3 is 2.77 bits per heavy atom. The van der Waals surface area contributed by atoms with Crippen LogP contribution in [0, 0.1) is 12.7 Å². The van der Waals surface area contributed by atoms with Crippen molar-refractivity contribution in [2.75, 3.05) is 20.2 Å². The van der Waals surface area contributed by atoms with Crippen molar-refractivity contribution in [2.24, 2.45) is 0 Å². The zero-order chi connectivity index (χ0) is 18.5. The molecule has 0 saturated carbocycles. The summed E-state index contributed by atoms with van der Waals surface area (Å²) in [5, 5.41) is 4.24. The molecule has 1 heterocycles. The molecule has 26 heavy (non-hydrogen) atoms. The predicted octanol–water partition coefficient (Wildman–Crippen LogP) is 3.47. The number of ether oxygens (including phenoxy) is 1. The lowest BCUT2D eigenvalue weighted by atomic mass is 10.2. The summed E-state index contributed by atoms with van der Waals surface area (Å²) in [6.45, 7) is 2.79. The fraction of sp³-hybridized carbons (Fsp3) is 0.200. The molecule has 1 amide bonds. The van der Waals surface area contributed by atoms with E-state index in [2.05, 4.69) is 5.10 Å². The minimum atomic E-state index is -0.351. The molecule has 0 aliphatic carbocycles. The fourth-order valence-electron chi connectivity index (χ4n) is 2.51. The van der Waals surface area contributed by atoms with Gasteiger partial charge >= 0.3 is 0 Å². The maximum absolute atomic E-state index is 13.3. The number of halogens is 1. The number of hydrogen-bond acceptors (Lipinski definition) is 3. The number of nitrogens with zero attached hydrogens (tertiary/aromatic N) is 3. The highest BCUT2D eigenvalue weighted by atomic mass is 19.1. The standard InChI is InChI=1S/C20H20FN3O2/c1-15-6-3-4-9-19(15)26-13-12-23(2)20(25)18-10-11-24(22-18)17-8-5-7-16(21)14-17/h3-11,14H,12-13H2,1-2H3. The molecule has 0 N–H and O–H groups in total. The zero-order valence-electron chi connectivity index (χ0n) is 14.7. The van der Waals surface area contributed by atoms with Crippen molar-refractivity contribution in [2.45, 2.75) is 6.92 Å². The predicted molar refractivity (Wildman–Crippen MR) is 97.2 cm³/mol. The molecular formula is C20H20FN3O2. The Labute approximate surface area is 151 Å². The quantitative estimate of drug-likeness (QED) is 0.682. The third kappa shape index (κ3) is 4.08. The minimum absolute atomic E-state index is 0.214. The normalized spacial score (nSPS) is 10.6. The van der Waals surface area contributed by atoms with Crippen LogP contribution < -0.4 is 4.74 Å². The number of amides is 1. The Kier molecular flexibility index (Phi) is 5.31. The third-order valence-electron chi connectivity index (χ3n) is 4.01. The van der Waals surface area contributed by atoms with Gasteiger partial charge in [-0.2, -0.15) is 5.10 Å². The number of para-hydroxylation sites is 1. The summed E-state index contributed by atoms with van der Waals surface area (Å²) in [4.78, 5) is 14.0. The first-order valence-corrected chi connectivity index (χ1v) is 8.30. The lowest BCUT2D eigenvalue weighted by Gasteiger charge is -2.17. The number of rotatable bonds is 6. The van der Waals surface area contributed by atoms with Gasteiger partial charge in [0.05, 0.1) is 12.2 Å². The summed E-state index contributed by atoms with van der Waals surface area (Å²) in [5.74, 6) is 0.244. The molecule has 6 heteroatoms. The van der Waals surface area contributed by atoms with Gasteiger partial charge in [-0.25, -0.2) is 9.07 Å². The van der Waals surface area contributed by atoms with Crippen molar-refractivity contribution in [3.8, 4) is 11.4 Å². The summed E-state index contributed by atoms with van der Waals surface area (Å²) in [6, 6.07) is 15.4. The molecule has 1 aromatic heterocycles. The molecule has 3 rings (SSSR count). The van der Waals surface area contributed by atoms with E-state index in [9.17, 15) is 9.18 Å². The molecule has 0 radical (unpaired) electrons. The molecule has 0 aliphatic rings. The number of aryl methyl sites for hydroxylation is 1. The molecule has 5 nitrogen and oxygen atoms in total. The van der Waals surface area contributed by atoms with Crippen molar-refractivity contribution in [1.82, 2.24) is 14.7 Å². The summed E-state index contributed by atoms with van der Waals surface area (Å²) in [5.41, 5.74) is 1.91. The van der Waals surface area contributed by atoms with Crippen LogP contribution in [0.2, 0.25) is 0 Å². The van der Waals surface area contributed by atoms with E-state index in [0.29, 0.717) is 24.5 Å². The van der Waals surface area contributed by atoms with E-state index in [1.54, 1.807) is 36.3 Å². The Morgan fingerprint density at radius 1 is 1.19 bits per heavy atom. The van der Waals surface area contributed by atoms with Gasteiger partial charge in [0.15, 0.2) is 5.69 Å². The topological polar surface area (TPSA) is 47.4 Å². The summed E-state index contributed by atoms with van der Waals surface area (Å²) in [6.07, 6.45) is 1.64. The lowest BCUT2D eigenvalue weighted by Crippen LogP contribution is -2.31. The van der Waals surface area contributed by atoms with E-state index in [4.69, 9.17) is 4.74 Å². The molecule has 0 saturated heterocycles. The van der Waals surface area contributed by atoms with Crippen molar-refractivity contribution in [3.05, 3.63) is 77.9 Å². The smallest absolute Gasteiger partial charge is 0.274 e. The van der Waals surface area contributed by atoms with Crippen LogP contribution in [0.5, 0.6) is 5.75 Å². The van der Waals surface area contributed by atoms with Crippen molar-refractivity contribution in [1.29, 1.82) is 0 Å². The second-order valence-electron chi connectivity index (χ2n) is 5.97. The van der Waals surface area contributed by atoms with Gasteiger partial charge in [0.2, 0.25) is 0 Å². The highest BCUT2D eigenvalue weighted by Gasteiger charge is 2.15.